The average Bonchev–Trinajstić information content (AvgIpc) is 2.53. The van der Waals surface area contributed by atoms with E-state index in [-0.39, 0.29) is 12.0 Å². The molecule has 20 heavy (non-hydrogen) atoms. The summed E-state index contributed by atoms with van der Waals surface area (Å²) in [5.74, 6) is 0.666. The third kappa shape index (κ3) is 3.35. The molecule has 1 aromatic heterocycles. The van der Waals surface area contributed by atoms with Gasteiger partial charge in [0.2, 0.25) is 0 Å². The Morgan fingerprint density at radius 2 is 1.80 bits per heavy atom. The van der Waals surface area contributed by atoms with Crippen LogP contribution in [0.15, 0.2) is 48.8 Å². The number of carbonyl (C=O) groups is 1. The van der Waals surface area contributed by atoms with Gasteiger partial charge in [-0.05, 0) is 42.0 Å². The number of nitrogens with zero attached hydrogens (tertiary/aromatic N) is 1. The number of hydrogen-bond donors (Lipinski definition) is 1. The molecule has 0 spiro atoms. The number of hydrogen-bond acceptors (Lipinski definition) is 4. The minimum absolute atomic E-state index is 0.0797. The van der Waals surface area contributed by atoms with Crippen LogP contribution >= 0.6 is 0 Å². The fourth-order valence-corrected chi connectivity index (χ4v) is 2.03. The zero-order valence-corrected chi connectivity index (χ0v) is 11.6. The van der Waals surface area contributed by atoms with Crippen LogP contribution in [0, 0.1) is 5.92 Å². The van der Waals surface area contributed by atoms with E-state index in [0.29, 0.717) is 0 Å². The second-order valence-electron chi connectivity index (χ2n) is 4.63. The SMILES string of the molecule is COc1ccc(N[C@H](c2ccncc2)[C@H](C)C=O)cc1. The molecule has 0 aliphatic heterocycles. The lowest BCUT2D eigenvalue weighted by Gasteiger charge is -2.23. The number of methoxy groups -OCH3 is 1. The van der Waals surface area contributed by atoms with Crippen molar-refractivity contribution in [1.82, 2.24) is 4.98 Å². The van der Waals surface area contributed by atoms with Gasteiger partial charge in [-0.3, -0.25) is 4.98 Å². The second kappa shape index (κ2) is 6.70. The van der Waals surface area contributed by atoms with Gasteiger partial charge in [0.1, 0.15) is 12.0 Å². The molecule has 1 N–H and O–H groups in total. The van der Waals surface area contributed by atoms with E-state index in [0.717, 1.165) is 23.3 Å². The summed E-state index contributed by atoms with van der Waals surface area (Å²) in [5, 5.41) is 3.38. The van der Waals surface area contributed by atoms with E-state index in [9.17, 15) is 4.79 Å². The van der Waals surface area contributed by atoms with Gasteiger partial charge in [-0.25, -0.2) is 0 Å². The maximum Gasteiger partial charge on any atom is 0.125 e. The van der Waals surface area contributed by atoms with Gasteiger partial charge < -0.3 is 14.8 Å². The number of carbonyl (C=O) groups excluding carboxylic acids is 1. The summed E-state index contributed by atoms with van der Waals surface area (Å²) in [6.07, 6.45) is 4.42. The highest BCUT2D eigenvalue weighted by atomic mass is 16.5. The van der Waals surface area contributed by atoms with Crippen LogP contribution < -0.4 is 10.1 Å². The topological polar surface area (TPSA) is 51.2 Å². The summed E-state index contributed by atoms with van der Waals surface area (Å²) in [4.78, 5) is 15.1. The summed E-state index contributed by atoms with van der Waals surface area (Å²) >= 11 is 0. The molecule has 2 rings (SSSR count). The van der Waals surface area contributed by atoms with Crippen molar-refractivity contribution in [2.24, 2.45) is 5.92 Å². The molecular weight excluding hydrogens is 252 g/mol. The highest BCUT2D eigenvalue weighted by molar-refractivity contribution is 5.58. The lowest BCUT2D eigenvalue weighted by atomic mass is 9.96. The van der Waals surface area contributed by atoms with Crippen LogP contribution in [0.4, 0.5) is 5.69 Å². The van der Waals surface area contributed by atoms with E-state index < -0.39 is 0 Å². The maximum absolute atomic E-state index is 11.1. The van der Waals surface area contributed by atoms with Crippen molar-refractivity contribution < 1.29 is 9.53 Å². The van der Waals surface area contributed by atoms with Crippen molar-refractivity contribution in [3.63, 3.8) is 0 Å². The van der Waals surface area contributed by atoms with Crippen LogP contribution in [-0.4, -0.2) is 18.4 Å². The van der Waals surface area contributed by atoms with Gasteiger partial charge in [0.25, 0.3) is 0 Å². The summed E-state index contributed by atoms with van der Waals surface area (Å²) in [6, 6.07) is 11.4. The van der Waals surface area contributed by atoms with Crippen LogP contribution in [-0.2, 0) is 4.79 Å². The lowest BCUT2D eigenvalue weighted by molar-refractivity contribution is -0.111. The molecule has 2 aromatic rings. The van der Waals surface area contributed by atoms with Crippen LogP contribution in [0.2, 0.25) is 0 Å². The van der Waals surface area contributed by atoms with Crippen LogP contribution in [0.5, 0.6) is 5.75 Å². The predicted molar refractivity (Wildman–Crippen MR) is 78.8 cm³/mol. The van der Waals surface area contributed by atoms with Crippen LogP contribution in [0.3, 0.4) is 0 Å². The zero-order chi connectivity index (χ0) is 14.4. The fraction of sp³-hybridized carbons (Fsp3) is 0.250. The predicted octanol–water partition coefficient (Wildman–Crippen LogP) is 3.08. The van der Waals surface area contributed by atoms with E-state index in [1.54, 1.807) is 19.5 Å². The Morgan fingerprint density at radius 1 is 1.15 bits per heavy atom. The number of rotatable bonds is 6. The van der Waals surface area contributed by atoms with Crippen LogP contribution in [0.1, 0.15) is 18.5 Å². The number of nitrogens with one attached hydrogen (secondary N) is 1. The van der Waals surface area contributed by atoms with Crippen molar-refractivity contribution in [3.8, 4) is 5.75 Å². The second-order valence-corrected chi connectivity index (χ2v) is 4.63. The minimum atomic E-state index is -0.139. The van der Waals surface area contributed by atoms with E-state index in [1.807, 2.05) is 43.3 Å². The highest BCUT2D eigenvalue weighted by Gasteiger charge is 2.18. The number of pyridine rings is 1. The van der Waals surface area contributed by atoms with Gasteiger partial charge in [-0.1, -0.05) is 6.92 Å². The molecule has 0 bridgehead atoms. The molecule has 0 radical (unpaired) electrons. The van der Waals surface area contributed by atoms with Gasteiger partial charge >= 0.3 is 0 Å². The number of aldehydes is 1. The van der Waals surface area contributed by atoms with Crippen molar-refractivity contribution in [3.05, 3.63) is 54.4 Å². The summed E-state index contributed by atoms with van der Waals surface area (Å²) in [7, 11) is 1.64. The molecule has 1 heterocycles. The Balaban J connectivity index is 2.21. The third-order valence-corrected chi connectivity index (χ3v) is 3.22. The Labute approximate surface area is 118 Å². The van der Waals surface area contributed by atoms with Crippen molar-refractivity contribution >= 4 is 12.0 Å². The first-order chi connectivity index (χ1) is 9.74. The van der Waals surface area contributed by atoms with Gasteiger partial charge in [0.05, 0.1) is 13.2 Å². The molecule has 0 aliphatic rings. The minimum Gasteiger partial charge on any atom is -0.497 e. The fourth-order valence-electron chi connectivity index (χ4n) is 2.03. The molecular formula is C16H18N2O2. The quantitative estimate of drug-likeness (QED) is 0.820. The Kier molecular flexibility index (Phi) is 4.71. The van der Waals surface area contributed by atoms with Crippen molar-refractivity contribution in [2.45, 2.75) is 13.0 Å². The summed E-state index contributed by atoms with van der Waals surface area (Å²) in [6.45, 7) is 1.90. The third-order valence-electron chi connectivity index (χ3n) is 3.22. The molecule has 1 aromatic carbocycles. The largest absolute Gasteiger partial charge is 0.497 e. The normalized spacial score (nSPS) is 13.3. The molecule has 2 atom stereocenters. The Hall–Kier alpha value is -2.36. The summed E-state index contributed by atoms with van der Waals surface area (Å²) < 4.78 is 5.14. The summed E-state index contributed by atoms with van der Waals surface area (Å²) in [5.41, 5.74) is 1.98. The highest BCUT2D eigenvalue weighted by Crippen LogP contribution is 2.26. The van der Waals surface area contributed by atoms with E-state index in [2.05, 4.69) is 10.3 Å². The van der Waals surface area contributed by atoms with Crippen LogP contribution in [0.25, 0.3) is 0 Å². The molecule has 4 heteroatoms. The van der Waals surface area contributed by atoms with Crippen molar-refractivity contribution in [2.75, 3.05) is 12.4 Å². The molecule has 104 valence electrons. The molecule has 0 fully saturated rings. The van der Waals surface area contributed by atoms with Gasteiger partial charge in [-0.15, -0.1) is 0 Å². The van der Waals surface area contributed by atoms with E-state index in [4.69, 9.17) is 4.74 Å². The molecule has 0 amide bonds. The number of anilines is 1. The Morgan fingerprint density at radius 3 is 2.35 bits per heavy atom. The first-order valence-corrected chi connectivity index (χ1v) is 6.50. The molecule has 0 saturated heterocycles. The first kappa shape index (κ1) is 14.1. The molecule has 4 nitrogen and oxygen atoms in total. The number of aromatic nitrogens is 1. The van der Waals surface area contributed by atoms with E-state index >= 15 is 0 Å². The molecule has 0 aliphatic carbocycles. The van der Waals surface area contributed by atoms with Gasteiger partial charge in [-0.2, -0.15) is 0 Å². The standard InChI is InChI=1S/C16H18N2O2/c1-12(11-19)16(13-7-9-17-10-8-13)18-14-3-5-15(20-2)6-4-14/h3-12,16,18H,1-2H3/t12-,16+/m1/s1. The van der Waals surface area contributed by atoms with Crippen molar-refractivity contribution in [1.29, 1.82) is 0 Å². The number of benzene rings is 1. The van der Waals surface area contributed by atoms with Gasteiger partial charge in [0, 0.05) is 24.0 Å². The monoisotopic (exact) mass is 270 g/mol. The average molecular weight is 270 g/mol. The zero-order valence-electron chi connectivity index (χ0n) is 11.6. The van der Waals surface area contributed by atoms with Gasteiger partial charge in [0.15, 0.2) is 0 Å². The number of ether oxygens (including phenoxy) is 1. The van der Waals surface area contributed by atoms with E-state index in [1.165, 1.54) is 0 Å². The Bertz CT molecular complexity index is 540. The lowest BCUT2D eigenvalue weighted by Crippen LogP contribution is -2.19. The molecule has 0 saturated carbocycles. The smallest absolute Gasteiger partial charge is 0.125 e. The maximum atomic E-state index is 11.1. The molecule has 0 unspecified atom stereocenters. The first-order valence-electron chi connectivity index (χ1n) is 6.50.